The van der Waals surface area contributed by atoms with E-state index in [2.05, 4.69) is 17.3 Å². The summed E-state index contributed by atoms with van der Waals surface area (Å²) < 4.78 is 5.33. The second-order valence-corrected chi connectivity index (χ2v) is 5.42. The molecule has 1 fully saturated rings. The summed E-state index contributed by atoms with van der Waals surface area (Å²) in [6.45, 7) is 0. The van der Waals surface area contributed by atoms with E-state index < -0.39 is 0 Å². The van der Waals surface area contributed by atoms with Gasteiger partial charge in [0, 0.05) is 13.1 Å². The van der Waals surface area contributed by atoms with Crippen molar-refractivity contribution < 1.29 is 4.74 Å². The highest BCUT2D eigenvalue weighted by molar-refractivity contribution is 7.80. The number of benzene rings is 1. The SMILES string of the molecule is COc1ccccc1NC(=S)N(C)C1CCCCC1. The van der Waals surface area contributed by atoms with Gasteiger partial charge in [-0.1, -0.05) is 31.4 Å². The zero-order valence-electron chi connectivity index (χ0n) is 11.7. The van der Waals surface area contributed by atoms with Gasteiger partial charge in [0.15, 0.2) is 5.11 Å². The summed E-state index contributed by atoms with van der Waals surface area (Å²) in [7, 11) is 3.76. The highest BCUT2D eigenvalue weighted by atomic mass is 32.1. The third-order valence-corrected chi connectivity index (χ3v) is 4.18. The summed E-state index contributed by atoms with van der Waals surface area (Å²) in [5.74, 6) is 0.821. The van der Waals surface area contributed by atoms with E-state index in [9.17, 15) is 0 Å². The first kappa shape index (κ1) is 14.1. The average molecular weight is 278 g/mol. The monoisotopic (exact) mass is 278 g/mol. The van der Waals surface area contributed by atoms with E-state index in [1.165, 1.54) is 32.1 Å². The zero-order valence-corrected chi connectivity index (χ0v) is 12.5. The molecule has 0 atom stereocenters. The predicted octanol–water partition coefficient (Wildman–Crippen LogP) is 3.66. The van der Waals surface area contributed by atoms with Crippen LogP contribution in [0.5, 0.6) is 5.75 Å². The lowest BCUT2D eigenvalue weighted by atomic mass is 9.95. The predicted molar refractivity (Wildman–Crippen MR) is 83.9 cm³/mol. The zero-order chi connectivity index (χ0) is 13.7. The number of nitrogens with zero attached hydrogens (tertiary/aromatic N) is 1. The highest BCUT2D eigenvalue weighted by Gasteiger charge is 2.20. The topological polar surface area (TPSA) is 24.5 Å². The summed E-state index contributed by atoms with van der Waals surface area (Å²) >= 11 is 5.51. The molecular weight excluding hydrogens is 256 g/mol. The molecule has 4 heteroatoms. The van der Waals surface area contributed by atoms with Crippen molar-refractivity contribution in [3.8, 4) is 5.75 Å². The van der Waals surface area contributed by atoms with Crippen LogP contribution in [-0.4, -0.2) is 30.2 Å². The molecule has 0 amide bonds. The fourth-order valence-electron chi connectivity index (χ4n) is 2.59. The summed E-state index contributed by atoms with van der Waals surface area (Å²) in [6.07, 6.45) is 6.46. The second-order valence-electron chi connectivity index (χ2n) is 5.03. The van der Waals surface area contributed by atoms with Gasteiger partial charge in [0.25, 0.3) is 0 Å². The van der Waals surface area contributed by atoms with Gasteiger partial charge in [-0.15, -0.1) is 0 Å². The number of hydrogen-bond acceptors (Lipinski definition) is 2. The molecule has 0 saturated heterocycles. The van der Waals surface area contributed by atoms with Crippen LogP contribution in [0.1, 0.15) is 32.1 Å². The van der Waals surface area contributed by atoms with Crippen LogP contribution in [0, 0.1) is 0 Å². The molecule has 2 rings (SSSR count). The largest absolute Gasteiger partial charge is 0.495 e. The van der Waals surface area contributed by atoms with Gasteiger partial charge in [-0.2, -0.15) is 0 Å². The van der Waals surface area contributed by atoms with E-state index in [-0.39, 0.29) is 0 Å². The number of para-hydroxylation sites is 2. The lowest BCUT2D eigenvalue weighted by Gasteiger charge is -2.33. The first-order valence-electron chi connectivity index (χ1n) is 6.89. The van der Waals surface area contributed by atoms with Gasteiger partial charge in [0.1, 0.15) is 5.75 Å². The Labute approximate surface area is 120 Å². The molecule has 0 unspecified atom stereocenters. The molecule has 0 aliphatic heterocycles. The number of ether oxygens (including phenoxy) is 1. The smallest absolute Gasteiger partial charge is 0.173 e. The maximum Gasteiger partial charge on any atom is 0.173 e. The van der Waals surface area contributed by atoms with Crippen LogP contribution in [0.25, 0.3) is 0 Å². The minimum absolute atomic E-state index is 0.573. The van der Waals surface area contributed by atoms with E-state index in [4.69, 9.17) is 17.0 Å². The Hall–Kier alpha value is -1.29. The minimum Gasteiger partial charge on any atom is -0.495 e. The number of hydrogen-bond donors (Lipinski definition) is 1. The standard InChI is InChI=1S/C15H22N2OS/c1-17(12-8-4-3-5-9-12)15(19)16-13-10-6-7-11-14(13)18-2/h6-7,10-12H,3-5,8-9H2,1-2H3,(H,16,19). The van der Waals surface area contributed by atoms with Gasteiger partial charge in [0.2, 0.25) is 0 Å². The number of anilines is 1. The minimum atomic E-state index is 0.573. The van der Waals surface area contributed by atoms with Crippen molar-refractivity contribution in [2.45, 2.75) is 38.1 Å². The molecule has 0 heterocycles. The van der Waals surface area contributed by atoms with Crippen molar-refractivity contribution in [2.24, 2.45) is 0 Å². The third-order valence-electron chi connectivity index (χ3n) is 3.79. The van der Waals surface area contributed by atoms with Crippen molar-refractivity contribution in [3.05, 3.63) is 24.3 Å². The van der Waals surface area contributed by atoms with Gasteiger partial charge < -0.3 is 15.0 Å². The summed E-state index contributed by atoms with van der Waals surface area (Å²) in [5.41, 5.74) is 0.928. The first-order valence-corrected chi connectivity index (χ1v) is 7.30. The second kappa shape index (κ2) is 6.75. The van der Waals surface area contributed by atoms with E-state index in [1.807, 2.05) is 24.3 Å². The molecule has 0 radical (unpaired) electrons. The van der Waals surface area contributed by atoms with E-state index >= 15 is 0 Å². The number of rotatable bonds is 3. The Morgan fingerprint density at radius 3 is 2.63 bits per heavy atom. The van der Waals surface area contributed by atoms with Gasteiger partial charge >= 0.3 is 0 Å². The maximum atomic E-state index is 5.51. The maximum absolute atomic E-state index is 5.51. The number of thiocarbonyl (C=S) groups is 1. The van der Waals surface area contributed by atoms with Crippen molar-refractivity contribution in [1.82, 2.24) is 4.90 Å². The molecule has 3 nitrogen and oxygen atoms in total. The molecule has 0 spiro atoms. The fourth-order valence-corrected chi connectivity index (χ4v) is 2.84. The van der Waals surface area contributed by atoms with Crippen LogP contribution in [-0.2, 0) is 0 Å². The molecule has 0 aromatic heterocycles. The first-order chi connectivity index (χ1) is 9.22. The average Bonchev–Trinajstić information content (AvgIpc) is 2.48. The Kier molecular flexibility index (Phi) is 5.02. The van der Waals surface area contributed by atoms with Crippen LogP contribution in [0.3, 0.4) is 0 Å². The molecule has 0 bridgehead atoms. The molecule has 1 aliphatic rings. The quantitative estimate of drug-likeness (QED) is 0.853. The summed E-state index contributed by atoms with van der Waals surface area (Å²) in [5, 5.41) is 4.07. The Morgan fingerprint density at radius 1 is 1.26 bits per heavy atom. The van der Waals surface area contributed by atoms with Crippen molar-refractivity contribution in [3.63, 3.8) is 0 Å². The van der Waals surface area contributed by atoms with Crippen LogP contribution < -0.4 is 10.1 Å². The molecule has 1 saturated carbocycles. The number of nitrogens with one attached hydrogen (secondary N) is 1. The van der Waals surface area contributed by atoms with E-state index in [0.29, 0.717) is 6.04 Å². The Morgan fingerprint density at radius 2 is 1.95 bits per heavy atom. The van der Waals surface area contributed by atoms with Crippen molar-refractivity contribution in [2.75, 3.05) is 19.5 Å². The van der Waals surface area contributed by atoms with Gasteiger partial charge in [0.05, 0.1) is 12.8 Å². The van der Waals surface area contributed by atoms with Crippen LogP contribution >= 0.6 is 12.2 Å². The lowest BCUT2D eigenvalue weighted by molar-refractivity contribution is 0.281. The van der Waals surface area contributed by atoms with Crippen LogP contribution in [0.2, 0.25) is 0 Å². The Balaban J connectivity index is 1.99. The molecular formula is C15H22N2OS. The Bertz CT molecular complexity index is 430. The fraction of sp³-hybridized carbons (Fsp3) is 0.533. The summed E-state index contributed by atoms with van der Waals surface area (Å²) in [6, 6.07) is 8.43. The van der Waals surface area contributed by atoms with Crippen molar-refractivity contribution in [1.29, 1.82) is 0 Å². The molecule has 19 heavy (non-hydrogen) atoms. The van der Waals surface area contributed by atoms with E-state index in [0.717, 1.165) is 16.5 Å². The lowest BCUT2D eigenvalue weighted by Crippen LogP contribution is -2.40. The molecule has 1 aromatic rings. The molecule has 1 N–H and O–H groups in total. The summed E-state index contributed by atoms with van der Waals surface area (Å²) in [4.78, 5) is 2.20. The van der Waals surface area contributed by atoms with Crippen LogP contribution in [0.4, 0.5) is 5.69 Å². The van der Waals surface area contributed by atoms with Crippen molar-refractivity contribution >= 4 is 23.0 Å². The van der Waals surface area contributed by atoms with Crippen LogP contribution in [0.15, 0.2) is 24.3 Å². The third kappa shape index (κ3) is 3.60. The van der Waals surface area contributed by atoms with Gasteiger partial charge in [-0.05, 0) is 37.2 Å². The highest BCUT2D eigenvalue weighted by Crippen LogP contribution is 2.25. The number of methoxy groups -OCH3 is 1. The van der Waals surface area contributed by atoms with Gasteiger partial charge in [-0.3, -0.25) is 0 Å². The normalized spacial score (nSPS) is 15.9. The van der Waals surface area contributed by atoms with Gasteiger partial charge in [-0.25, -0.2) is 0 Å². The molecule has 104 valence electrons. The molecule has 1 aliphatic carbocycles. The molecule has 1 aromatic carbocycles. The van der Waals surface area contributed by atoms with E-state index in [1.54, 1.807) is 7.11 Å².